The van der Waals surface area contributed by atoms with E-state index in [0.29, 0.717) is 18.7 Å². The number of hydrogen-bond donors (Lipinski definition) is 1. The van der Waals surface area contributed by atoms with Gasteiger partial charge in [0.2, 0.25) is 0 Å². The first-order chi connectivity index (χ1) is 13.3. The van der Waals surface area contributed by atoms with Gasteiger partial charge in [-0.3, -0.25) is 4.79 Å². The molecule has 1 amide bonds. The average molecular weight is 381 g/mol. The van der Waals surface area contributed by atoms with Crippen LogP contribution in [0.1, 0.15) is 34.2 Å². The van der Waals surface area contributed by atoms with E-state index in [1.165, 1.54) is 5.56 Å². The summed E-state index contributed by atoms with van der Waals surface area (Å²) in [5, 5.41) is 2.88. The highest BCUT2D eigenvalue weighted by Crippen LogP contribution is 2.25. The molecule has 1 aromatic heterocycles. The van der Waals surface area contributed by atoms with Crippen molar-refractivity contribution in [1.29, 1.82) is 0 Å². The van der Waals surface area contributed by atoms with Crippen molar-refractivity contribution in [1.82, 2.24) is 5.32 Å². The Hall–Kier alpha value is -2.66. The molecule has 0 spiro atoms. The zero-order valence-electron chi connectivity index (χ0n) is 15.3. The summed E-state index contributed by atoms with van der Waals surface area (Å²) in [6.45, 7) is 3.04. The highest BCUT2D eigenvalue weighted by molar-refractivity contribution is 7.97. The quantitative estimate of drug-likeness (QED) is 0.564. The highest BCUT2D eigenvalue weighted by atomic mass is 32.2. The lowest BCUT2D eigenvalue weighted by molar-refractivity contribution is 0.0948. The van der Waals surface area contributed by atoms with E-state index in [0.717, 1.165) is 28.6 Å². The number of ether oxygens (including phenoxy) is 1. The first-order valence-corrected chi connectivity index (χ1v) is 10.1. The van der Waals surface area contributed by atoms with Crippen molar-refractivity contribution >= 4 is 17.7 Å². The van der Waals surface area contributed by atoms with Crippen LogP contribution < -0.4 is 10.1 Å². The van der Waals surface area contributed by atoms with Crippen LogP contribution in [0.2, 0.25) is 0 Å². The summed E-state index contributed by atoms with van der Waals surface area (Å²) in [6.07, 6.45) is 1.60. The smallest absolute Gasteiger partial charge is 0.251 e. The van der Waals surface area contributed by atoms with E-state index in [9.17, 15) is 4.79 Å². The van der Waals surface area contributed by atoms with Gasteiger partial charge < -0.3 is 14.5 Å². The lowest BCUT2D eigenvalue weighted by atomic mass is 10.1. The first-order valence-electron chi connectivity index (χ1n) is 8.94. The van der Waals surface area contributed by atoms with Gasteiger partial charge in [0.15, 0.2) is 0 Å². The maximum Gasteiger partial charge on any atom is 0.251 e. The SMILES string of the molecule is CCOc1ccccc1CSCc1cccc(C(=O)NCc2ccco2)c1. The van der Waals surface area contributed by atoms with Crippen molar-refractivity contribution in [3.63, 3.8) is 0 Å². The van der Waals surface area contributed by atoms with Gasteiger partial charge in [0.1, 0.15) is 11.5 Å². The van der Waals surface area contributed by atoms with Crippen molar-refractivity contribution in [2.75, 3.05) is 6.61 Å². The van der Waals surface area contributed by atoms with E-state index in [4.69, 9.17) is 9.15 Å². The molecular weight excluding hydrogens is 358 g/mol. The second kappa shape index (κ2) is 9.88. The number of thioether (sulfide) groups is 1. The average Bonchev–Trinajstić information content (AvgIpc) is 3.21. The van der Waals surface area contributed by atoms with Crippen molar-refractivity contribution in [2.24, 2.45) is 0 Å². The molecule has 0 atom stereocenters. The van der Waals surface area contributed by atoms with Gasteiger partial charge in [-0.25, -0.2) is 0 Å². The Labute approximate surface area is 163 Å². The van der Waals surface area contributed by atoms with Gasteiger partial charge in [-0.1, -0.05) is 30.3 Å². The molecule has 4 nitrogen and oxygen atoms in total. The van der Waals surface area contributed by atoms with Crippen LogP contribution in [0.25, 0.3) is 0 Å². The summed E-state index contributed by atoms with van der Waals surface area (Å²) in [5.74, 6) is 3.28. The fourth-order valence-electron chi connectivity index (χ4n) is 2.68. The zero-order chi connectivity index (χ0) is 18.9. The van der Waals surface area contributed by atoms with Crippen LogP contribution in [0.4, 0.5) is 0 Å². The second-order valence-electron chi connectivity index (χ2n) is 6.00. The van der Waals surface area contributed by atoms with Crippen molar-refractivity contribution in [3.05, 3.63) is 89.4 Å². The molecule has 140 valence electrons. The second-order valence-corrected chi connectivity index (χ2v) is 6.98. The summed E-state index contributed by atoms with van der Waals surface area (Å²) in [7, 11) is 0. The van der Waals surface area contributed by atoms with E-state index >= 15 is 0 Å². The summed E-state index contributed by atoms with van der Waals surface area (Å²) in [4.78, 5) is 12.3. The molecule has 3 aromatic rings. The number of hydrogen-bond acceptors (Lipinski definition) is 4. The van der Waals surface area contributed by atoms with E-state index in [-0.39, 0.29) is 5.91 Å². The molecule has 0 saturated heterocycles. The topological polar surface area (TPSA) is 51.5 Å². The van der Waals surface area contributed by atoms with Gasteiger partial charge in [0, 0.05) is 22.6 Å². The lowest BCUT2D eigenvalue weighted by Gasteiger charge is -2.10. The van der Waals surface area contributed by atoms with Crippen LogP contribution in [0.15, 0.2) is 71.3 Å². The number of furan rings is 1. The van der Waals surface area contributed by atoms with Crippen LogP contribution >= 0.6 is 11.8 Å². The predicted octanol–water partition coefficient (Wildman–Crippen LogP) is 5.04. The van der Waals surface area contributed by atoms with E-state index in [1.54, 1.807) is 18.0 Å². The molecule has 1 heterocycles. The number of rotatable bonds is 9. The molecule has 0 aliphatic rings. The summed E-state index contributed by atoms with van der Waals surface area (Å²) in [5.41, 5.74) is 2.98. The molecule has 2 aromatic carbocycles. The third kappa shape index (κ3) is 5.66. The largest absolute Gasteiger partial charge is 0.494 e. The molecule has 0 aliphatic carbocycles. The minimum Gasteiger partial charge on any atom is -0.494 e. The molecule has 0 unspecified atom stereocenters. The highest BCUT2D eigenvalue weighted by Gasteiger charge is 2.08. The normalized spacial score (nSPS) is 10.6. The summed E-state index contributed by atoms with van der Waals surface area (Å²) in [6, 6.07) is 19.5. The Morgan fingerprint density at radius 1 is 1.07 bits per heavy atom. The third-order valence-electron chi connectivity index (χ3n) is 3.99. The van der Waals surface area contributed by atoms with Crippen LogP contribution in [0.3, 0.4) is 0 Å². The molecule has 0 bridgehead atoms. The van der Waals surface area contributed by atoms with Crippen LogP contribution in [0, 0.1) is 0 Å². The van der Waals surface area contributed by atoms with Crippen LogP contribution in [0.5, 0.6) is 5.75 Å². The van der Waals surface area contributed by atoms with Gasteiger partial charge in [-0.15, -0.1) is 0 Å². The van der Waals surface area contributed by atoms with Crippen molar-refractivity contribution in [2.45, 2.75) is 25.0 Å². The molecule has 0 saturated carbocycles. The van der Waals surface area contributed by atoms with Gasteiger partial charge in [0.05, 0.1) is 19.4 Å². The molecule has 5 heteroatoms. The maximum atomic E-state index is 12.3. The van der Waals surface area contributed by atoms with Crippen LogP contribution in [-0.4, -0.2) is 12.5 Å². The van der Waals surface area contributed by atoms with Crippen molar-refractivity contribution < 1.29 is 13.9 Å². The molecular formula is C22H23NO3S. The monoisotopic (exact) mass is 381 g/mol. The van der Waals surface area contributed by atoms with E-state index < -0.39 is 0 Å². The van der Waals surface area contributed by atoms with Gasteiger partial charge in [-0.05, 0) is 42.8 Å². The fourth-order valence-corrected chi connectivity index (χ4v) is 3.66. The van der Waals surface area contributed by atoms with Crippen molar-refractivity contribution in [3.8, 4) is 5.75 Å². The Bertz CT molecular complexity index is 862. The number of amides is 1. The minimum absolute atomic E-state index is 0.0973. The van der Waals surface area contributed by atoms with E-state index in [1.807, 2.05) is 61.5 Å². The lowest BCUT2D eigenvalue weighted by Crippen LogP contribution is -2.22. The number of benzene rings is 2. The number of nitrogens with one attached hydrogen (secondary N) is 1. The van der Waals surface area contributed by atoms with E-state index in [2.05, 4.69) is 11.4 Å². The minimum atomic E-state index is -0.0973. The predicted molar refractivity (Wildman–Crippen MR) is 109 cm³/mol. The number of carbonyl (C=O) groups is 1. The Kier molecular flexibility index (Phi) is 6.99. The molecule has 3 rings (SSSR count). The standard InChI is InChI=1S/C22H23NO3S/c1-2-25-21-11-4-3-8-19(21)16-27-15-17-7-5-9-18(13-17)22(24)23-14-20-10-6-12-26-20/h3-13H,2,14-16H2,1H3,(H,23,24). The third-order valence-corrected chi connectivity index (χ3v) is 5.04. The number of carbonyl (C=O) groups excluding carboxylic acids is 1. The summed E-state index contributed by atoms with van der Waals surface area (Å²) < 4.78 is 10.9. The zero-order valence-corrected chi connectivity index (χ0v) is 16.1. The van der Waals surface area contributed by atoms with Gasteiger partial charge >= 0.3 is 0 Å². The molecule has 0 radical (unpaired) electrons. The summed E-state index contributed by atoms with van der Waals surface area (Å²) >= 11 is 1.80. The maximum absolute atomic E-state index is 12.3. The molecule has 1 N–H and O–H groups in total. The van der Waals surface area contributed by atoms with Gasteiger partial charge in [-0.2, -0.15) is 11.8 Å². The Morgan fingerprint density at radius 3 is 2.78 bits per heavy atom. The molecule has 0 fully saturated rings. The number of para-hydroxylation sites is 1. The fraction of sp³-hybridized carbons (Fsp3) is 0.227. The van der Waals surface area contributed by atoms with Crippen LogP contribution in [-0.2, 0) is 18.1 Å². The molecule has 0 aliphatic heterocycles. The Balaban J connectivity index is 1.54. The Morgan fingerprint density at radius 2 is 1.96 bits per heavy atom. The molecule has 27 heavy (non-hydrogen) atoms. The van der Waals surface area contributed by atoms with Gasteiger partial charge in [0.25, 0.3) is 5.91 Å². The first kappa shape index (κ1) is 19.1.